The molecule has 0 aliphatic rings. The Labute approximate surface area is 104 Å². The quantitative estimate of drug-likeness (QED) is 0.719. The number of aromatic amines is 1. The van der Waals surface area contributed by atoms with Gasteiger partial charge in [-0.25, -0.2) is 14.6 Å². The molecule has 8 nitrogen and oxygen atoms in total. The molecule has 0 aliphatic carbocycles. The molecule has 3 N–H and O–H groups in total. The molecule has 2 amide bonds. The van der Waals surface area contributed by atoms with E-state index in [9.17, 15) is 9.59 Å². The van der Waals surface area contributed by atoms with E-state index >= 15 is 0 Å². The smallest absolute Gasteiger partial charge is 0.329 e. The maximum Gasteiger partial charge on any atom is 0.329 e. The third kappa shape index (κ3) is 2.76. The lowest BCUT2D eigenvalue weighted by Gasteiger charge is -2.32. The summed E-state index contributed by atoms with van der Waals surface area (Å²) in [6.45, 7) is 4.63. The van der Waals surface area contributed by atoms with E-state index in [1.165, 1.54) is 27.2 Å². The van der Waals surface area contributed by atoms with Crippen LogP contribution in [0, 0.1) is 0 Å². The fourth-order valence-electron chi connectivity index (χ4n) is 1.17. The number of aliphatic carboxylic acids is 1. The Morgan fingerprint density at radius 2 is 2.17 bits per heavy atom. The summed E-state index contributed by atoms with van der Waals surface area (Å²) in [5, 5.41) is 18.0. The van der Waals surface area contributed by atoms with E-state index in [0.717, 1.165) is 4.90 Å². The van der Waals surface area contributed by atoms with Crippen LogP contribution in [0.25, 0.3) is 0 Å². The highest BCUT2D eigenvalue weighted by atomic mass is 16.4. The molecule has 0 aromatic carbocycles. The lowest BCUT2D eigenvalue weighted by atomic mass is 10.0. The number of urea groups is 1. The maximum absolute atomic E-state index is 11.9. The van der Waals surface area contributed by atoms with Gasteiger partial charge >= 0.3 is 12.0 Å². The van der Waals surface area contributed by atoms with Crippen LogP contribution in [0.5, 0.6) is 0 Å². The van der Waals surface area contributed by atoms with Crippen LogP contribution in [-0.2, 0) is 4.79 Å². The minimum atomic E-state index is -1.29. The second kappa shape index (κ2) is 5.03. The van der Waals surface area contributed by atoms with Gasteiger partial charge in [-0.3, -0.25) is 5.10 Å². The molecule has 0 fully saturated rings. The van der Waals surface area contributed by atoms with Crippen LogP contribution in [0.4, 0.5) is 4.79 Å². The Kier molecular flexibility index (Phi) is 3.89. The largest absolute Gasteiger partial charge is 0.480 e. The number of carboxylic acids is 1. The number of carbonyl (C=O) groups is 2. The number of nitrogens with one attached hydrogen (secondary N) is 2. The molecule has 1 rings (SSSR count). The molecular weight excluding hydrogens is 238 g/mol. The van der Waals surface area contributed by atoms with Crippen molar-refractivity contribution in [2.24, 2.45) is 0 Å². The van der Waals surface area contributed by atoms with Crippen molar-refractivity contribution in [3.05, 3.63) is 12.2 Å². The Morgan fingerprint density at radius 3 is 2.61 bits per heavy atom. The number of nitrogens with zero attached hydrogens (tertiary/aromatic N) is 3. The van der Waals surface area contributed by atoms with Crippen LogP contribution in [0.1, 0.15) is 32.6 Å². The van der Waals surface area contributed by atoms with Crippen molar-refractivity contribution in [3.63, 3.8) is 0 Å². The van der Waals surface area contributed by atoms with Crippen LogP contribution in [0.15, 0.2) is 6.33 Å². The van der Waals surface area contributed by atoms with Gasteiger partial charge in [0.2, 0.25) is 0 Å². The summed E-state index contributed by atoms with van der Waals surface area (Å²) < 4.78 is 0. The lowest BCUT2D eigenvalue weighted by molar-refractivity contribution is -0.146. The molecule has 100 valence electrons. The average molecular weight is 255 g/mol. The lowest BCUT2D eigenvalue weighted by Crippen LogP contribution is -2.54. The van der Waals surface area contributed by atoms with Crippen molar-refractivity contribution < 1.29 is 14.7 Å². The fraction of sp³-hybridized carbons (Fsp3) is 0.600. The summed E-state index contributed by atoms with van der Waals surface area (Å²) in [5.74, 6) is -0.572. The van der Waals surface area contributed by atoms with Crippen molar-refractivity contribution in [1.29, 1.82) is 0 Å². The maximum atomic E-state index is 11.9. The van der Waals surface area contributed by atoms with Gasteiger partial charge in [0, 0.05) is 7.05 Å². The average Bonchev–Trinajstić information content (AvgIpc) is 2.80. The first-order valence-electron chi connectivity index (χ1n) is 5.39. The molecule has 0 bridgehead atoms. The predicted molar refractivity (Wildman–Crippen MR) is 62.8 cm³/mol. The monoisotopic (exact) mass is 255 g/mol. The summed E-state index contributed by atoms with van der Waals surface area (Å²) in [5.41, 5.74) is -1.29. The van der Waals surface area contributed by atoms with Gasteiger partial charge < -0.3 is 15.3 Å². The third-order valence-electron chi connectivity index (χ3n) is 2.85. The zero-order chi connectivity index (χ0) is 13.9. The first-order chi connectivity index (χ1) is 8.26. The highest BCUT2D eigenvalue weighted by Gasteiger charge is 2.35. The molecule has 0 spiro atoms. The van der Waals surface area contributed by atoms with Gasteiger partial charge in [-0.05, 0) is 20.8 Å². The van der Waals surface area contributed by atoms with Gasteiger partial charge in [0.15, 0.2) is 0 Å². The van der Waals surface area contributed by atoms with Gasteiger partial charge in [0.1, 0.15) is 17.7 Å². The molecule has 18 heavy (non-hydrogen) atoms. The SMILES string of the molecule is CC(NC(=O)N(C)C(C)(C)C(=O)O)c1ncn[nH]1. The van der Waals surface area contributed by atoms with Gasteiger partial charge in [-0.1, -0.05) is 0 Å². The molecule has 1 aromatic heterocycles. The molecular formula is C10H17N5O3. The Bertz CT molecular complexity index is 429. The van der Waals surface area contributed by atoms with E-state index < -0.39 is 17.5 Å². The van der Waals surface area contributed by atoms with Crippen LogP contribution < -0.4 is 5.32 Å². The zero-order valence-electron chi connectivity index (χ0n) is 10.8. The number of rotatable bonds is 4. The highest BCUT2D eigenvalue weighted by Crippen LogP contribution is 2.14. The van der Waals surface area contributed by atoms with E-state index in [1.807, 2.05) is 0 Å². The van der Waals surface area contributed by atoms with E-state index in [0.29, 0.717) is 5.82 Å². The fourth-order valence-corrected chi connectivity index (χ4v) is 1.17. The van der Waals surface area contributed by atoms with Crippen LogP contribution in [0.3, 0.4) is 0 Å². The van der Waals surface area contributed by atoms with E-state index in [-0.39, 0.29) is 6.04 Å². The number of aromatic nitrogens is 3. The van der Waals surface area contributed by atoms with Crippen molar-refractivity contribution in [1.82, 2.24) is 25.4 Å². The first-order valence-corrected chi connectivity index (χ1v) is 5.39. The Morgan fingerprint density at radius 1 is 1.56 bits per heavy atom. The molecule has 0 saturated carbocycles. The zero-order valence-corrected chi connectivity index (χ0v) is 10.8. The van der Waals surface area contributed by atoms with Gasteiger partial charge in [-0.2, -0.15) is 5.10 Å². The van der Waals surface area contributed by atoms with E-state index in [2.05, 4.69) is 20.5 Å². The number of hydrogen-bond acceptors (Lipinski definition) is 4. The third-order valence-corrected chi connectivity index (χ3v) is 2.85. The number of carbonyl (C=O) groups excluding carboxylic acids is 1. The van der Waals surface area contributed by atoms with E-state index in [1.54, 1.807) is 6.92 Å². The van der Waals surface area contributed by atoms with Crippen molar-refractivity contribution in [2.75, 3.05) is 7.05 Å². The summed E-state index contributed by atoms with van der Waals surface area (Å²) in [7, 11) is 1.43. The van der Waals surface area contributed by atoms with Crippen LogP contribution >= 0.6 is 0 Å². The summed E-state index contributed by atoms with van der Waals surface area (Å²) in [6, 6.07) is -0.877. The minimum absolute atomic E-state index is 0.382. The number of amides is 2. The van der Waals surface area contributed by atoms with Crippen LogP contribution in [0.2, 0.25) is 0 Å². The summed E-state index contributed by atoms with van der Waals surface area (Å²) in [6.07, 6.45) is 1.34. The number of likely N-dealkylation sites (N-methyl/N-ethyl adjacent to an activating group) is 1. The Hall–Kier alpha value is -2.12. The molecule has 0 saturated heterocycles. The normalized spacial score (nSPS) is 12.9. The minimum Gasteiger partial charge on any atom is -0.480 e. The topological polar surface area (TPSA) is 111 Å². The van der Waals surface area contributed by atoms with Gasteiger partial charge in [0.25, 0.3) is 0 Å². The predicted octanol–water partition coefficient (Wildman–Crippen LogP) is 0.370. The van der Waals surface area contributed by atoms with Crippen molar-refractivity contribution in [2.45, 2.75) is 32.4 Å². The van der Waals surface area contributed by atoms with Gasteiger partial charge in [-0.15, -0.1) is 0 Å². The summed E-state index contributed by atoms with van der Waals surface area (Å²) in [4.78, 5) is 28.0. The molecule has 0 aliphatic heterocycles. The highest BCUT2D eigenvalue weighted by molar-refractivity contribution is 5.85. The van der Waals surface area contributed by atoms with E-state index in [4.69, 9.17) is 5.11 Å². The van der Waals surface area contributed by atoms with Crippen LogP contribution in [-0.4, -0.2) is 49.8 Å². The molecule has 0 radical (unpaired) electrons. The molecule has 1 unspecified atom stereocenters. The molecule has 1 atom stereocenters. The number of carboxylic acid groups (broad SMARTS) is 1. The van der Waals surface area contributed by atoms with Crippen molar-refractivity contribution in [3.8, 4) is 0 Å². The second-order valence-corrected chi connectivity index (χ2v) is 4.47. The standard InChI is InChI=1S/C10H17N5O3/c1-6(7-11-5-12-14-7)13-9(18)15(4)10(2,3)8(16)17/h5-6H,1-4H3,(H,13,18)(H,16,17)(H,11,12,14). The van der Waals surface area contributed by atoms with Gasteiger partial charge in [0.05, 0.1) is 6.04 Å². The van der Waals surface area contributed by atoms with Crippen molar-refractivity contribution >= 4 is 12.0 Å². The summed E-state index contributed by atoms with van der Waals surface area (Å²) >= 11 is 0. The number of hydrogen-bond donors (Lipinski definition) is 3. The first kappa shape index (κ1) is 13.9. The second-order valence-electron chi connectivity index (χ2n) is 4.47. The molecule has 1 heterocycles. The molecule has 8 heteroatoms. The molecule has 1 aromatic rings. The Balaban J connectivity index is 2.69. The number of H-pyrrole nitrogens is 1.